The Bertz CT molecular complexity index is 586. The smallest absolute Gasteiger partial charge is 0.0938 e. The van der Waals surface area contributed by atoms with E-state index in [4.69, 9.17) is 11.6 Å². The summed E-state index contributed by atoms with van der Waals surface area (Å²) in [7, 11) is 0. The molecule has 0 nitrogen and oxygen atoms in total. The van der Waals surface area contributed by atoms with Gasteiger partial charge < -0.3 is 0 Å². The zero-order chi connectivity index (χ0) is 14.2. The molecular weight excluding hydrogens is 454 g/mol. The Morgan fingerprint density at radius 2 is 1.89 bits per heavy atom. The van der Waals surface area contributed by atoms with Gasteiger partial charge in [0.1, 0.15) is 0 Å². The Balaban J connectivity index is 2.36. The lowest BCUT2D eigenvalue weighted by atomic mass is 9.95. The second kappa shape index (κ2) is 6.04. The van der Waals surface area contributed by atoms with Gasteiger partial charge in [-0.1, -0.05) is 36.7 Å². The number of rotatable bonds is 2. The Morgan fingerprint density at radius 3 is 2.47 bits per heavy atom. The van der Waals surface area contributed by atoms with Gasteiger partial charge in [0.05, 0.1) is 5.38 Å². The average molecular weight is 470 g/mol. The van der Waals surface area contributed by atoms with Crippen LogP contribution in [0, 0.1) is 3.57 Å². The lowest BCUT2D eigenvalue weighted by molar-refractivity contribution is 0.604. The largest absolute Gasteiger partial charge is 0.143 e. The van der Waals surface area contributed by atoms with Gasteiger partial charge in [0.2, 0.25) is 0 Å². The number of alkyl halides is 1. The SMILES string of the molecule is CC(C)(C)c1ccc(C(Cl)c2cc(Br)ccc2I)s1. The molecule has 2 aromatic rings. The van der Waals surface area contributed by atoms with Crippen LogP contribution >= 0.6 is 61.5 Å². The summed E-state index contributed by atoms with van der Waals surface area (Å²) in [6.07, 6.45) is 0. The summed E-state index contributed by atoms with van der Waals surface area (Å²) in [6, 6.07) is 10.6. The highest BCUT2D eigenvalue weighted by Crippen LogP contribution is 2.39. The van der Waals surface area contributed by atoms with Gasteiger partial charge in [0.25, 0.3) is 0 Å². The van der Waals surface area contributed by atoms with Crippen molar-refractivity contribution in [2.75, 3.05) is 0 Å². The molecular formula is C15H15BrClIS. The van der Waals surface area contributed by atoms with Crippen molar-refractivity contribution in [1.29, 1.82) is 0 Å². The summed E-state index contributed by atoms with van der Waals surface area (Å²) >= 11 is 14.3. The first-order chi connectivity index (χ1) is 8.79. The van der Waals surface area contributed by atoms with Crippen molar-refractivity contribution in [1.82, 2.24) is 0 Å². The molecule has 19 heavy (non-hydrogen) atoms. The van der Waals surface area contributed by atoms with E-state index in [1.165, 1.54) is 18.9 Å². The Kier molecular flexibility index (Phi) is 5.02. The molecule has 0 radical (unpaired) electrons. The third-order valence-corrected chi connectivity index (χ3v) is 6.50. The van der Waals surface area contributed by atoms with E-state index in [1.54, 1.807) is 11.3 Å². The molecule has 0 saturated heterocycles. The van der Waals surface area contributed by atoms with Crippen LogP contribution in [0.1, 0.15) is 41.5 Å². The summed E-state index contributed by atoms with van der Waals surface area (Å²) in [5, 5.41) is -0.0782. The summed E-state index contributed by atoms with van der Waals surface area (Å²) in [6.45, 7) is 6.69. The average Bonchev–Trinajstić information content (AvgIpc) is 2.80. The predicted octanol–water partition coefficient (Wildman–Crippen LogP) is 6.74. The molecule has 1 atom stereocenters. The number of hydrogen-bond acceptors (Lipinski definition) is 1. The van der Waals surface area contributed by atoms with Crippen molar-refractivity contribution < 1.29 is 0 Å². The third-order valence-electron chi connectivity index (χ3n) is 2.85. The third kappa shape index (κ3) is 3.74. The molecule has 1 heterocycles. The zero-order valence-electron chi connectivity index (χ0n) is 11.0. The monoisotopic (exact) mass is 468 g/mol. The van der Waals surface area contributed by atoms with E-state index in [-0.39, 0.29) is 10.8 Å². The van der Waals surface area contributed by atoms with Crippen LogP contribution in [0.5, 0.6) is 0 Å². The molecule has 102 valence electrons. The standard InChI is InChI=1S/C15H15BrClIS/c1-15(2,3)13-7-6-12(19-13)14(17)10-8-9(16)4-5-11(10)18/h4-8,14H,1-3H3. The van der Waals surface area contributed by atoms with E-state index in [2.05, 4.69) is 83.6 Å². The van der Waals surface area contributed by atoms with Crippen LogP contribution in [-0.2, 0) is 5.41 Å². The van der Waals surface area contributed by atoms with Gasteiger partial charge in [0.15, 0.2) is 0 Å². The topological polar surface area (TPSA) is 0 Å². The summed E-state index contributed by atoms with van der Waals surface area (Å²) in [5.41, 5.74) is 1.35. The van der Waals surface area contributed by atoms with Crippen LogP contribution in [0.4, 0.5) is 0 Å². The van der Waals surface area contributed by atoms with Crippen LogP contribution < -0.4 is 0 Å². The zero-order valence-corrected chi connectivity index (χ0v) is 16.3. The molecule has 1 unspecified atom stereocenters. The van der Waals surface area contributed by atoms with Crippen molar-refractivity contribution in [3.05, 3.63) is 53.7 Å². The Hall–Kier alpha value is 0.420. The summed E-state index contributed by atoms with van der Waals surface area (Å²) < 4.78 is 2.27. The van der Waals surface area contributed by atoms with Crippen molar-refractivity contribution >= 4 is 61.5 Å². The fourth-order valence-electron chi connectivity index (χ4n) is 1.75. The number of thiophene rings is 1. The first-order valence-electron chi connectivity index (χ1n) is 5.98. The van der Waals surface area contributed by atoms with Crippen molar-refractivity contribution in [3.63, 3.8) is 0 Å². The maximum absolute atomic E-state index is 6.66. The Morgan fingerprint density at radius 1 is 1.21 bits per heavy atom. The Labute approximate surface area is 145 Å². The lowest BCUT2D eigenvalue weighted by Gasteiger charge is -2.16. The maximum atomic E-state index is 6.66. The van der Waals surface area contributed by atoms with Gasteiger partial charge >= 0.3 is 0 Å². The molecule has 0 aliphatic carbocycles. The molecule has 4 heteroatoms. The molecule has 0 bridgehead atoms. The van der Waals surface area contributed by atoms with Crippen LogP contribution in [-0.4, -0.2) is 0 Å². The van der Waals surface area contributed by atoms with E-state index >= 15 is 0 Å². The van der Waals surface area contributed by atoms with Gasteiger partial charge in [-0.25, -0.2) is 0 Å². The summed E-state index contributed by atoms with van der Waals surface area (Å²) in [4.78, 5) is 2.58. The highest BCUT2D eigenvalue weighted by Gasteiger charge is 2.21. The van der Waals surface area contributed by atoms with Gasteiger partial charge in [-0.2, -0.15) is 0 Å². The van der Waals surface area contributed by atoms with Crippen molar-refractivity contribution in [2.45, 2.75) is 31.6 Å². The minimum Gasteiger partial charge on any atom is -0.143 e. The van der Waals surface area contributed by atoms with Crippen LogP contribution in [0.15, 0.2) is 34.8 Å². The minimum absolute atomic E-state index is 0.0782. The van der Waals surface area contributed by atoms with Crippen LogP contribution in [0.2, 0.25) is 0 Å². The molecule has 0 amide bonds. The second-order valence-electron chi connectivity index (χ2n) is 5.48. The van der Waals surface area contributed by atoms with Gasteiger partial charge in [0, 0.05) is 17.8 Å². The first-order valence-corrected chi connectivity index (χ1v) is 9.11. The molecule has 0 spiro atoms. The number of halogens is 3. The first kappa shape index (κ1) is 15.8. The van der Waals surface area contributed by atoms with Gasteiger partial charge in [-0.15, -0.1) is 22.9 Å². The normalized spacial score (nSPS) is 13.6. The molecule has 0 saturated carbocycles. The molecule has 0 N–H and O–H groups in total. The second-order valence-corrected chi connectivity index (χ2v) is 9.11. The summed E-state index contributed by atoms with van der Waals surface area (Å²) in [5.74, 6) is 0. The van der Waals surface area contributed by atoms with Crippen LogP contribution in [0.3, 0.4) is 0 Å². The van der Waals surface area contributed by atoms with E-state index < -0.39 is 0 Å². The van der Waals surface area contributed by atoms with Crippen molar-refractivity contribution in [2.24, 2.45) is 0 Å². The molecule has 1 aromatic carbocycles. The quantitative estimate of drug-likeness (QED) is 0.337. The molecule has 0 aliphatic rings. The predicted molar refractivity (Wildman–Crippen MR) is 97.6 cm³/mol. The number of benzene rings is 1. The van der Waals surface area contributed by atoms with E-state index in [0.717, 1.165) is 4.47 Å². The van der Waals surface area contributed by atoms with E-state index in [0.29, 0.717) is 0 Å². The highest BCUT2D eigenvalue weighted by atomic mass is 127. The minimum atomic E-state index is -0.0782. The van der Waals surface area contributed by atoms with Crippen LogP contribution in [0.25, 0.3) is 0 Å². The van der Waals surface area contributed by atoms with Gasteiger partial charge in [-0.05, 0) is 63.9 Å². The molecule has 1 aromatic heterocycles. The van der Waals surface area contributed by atoms with Crippen molar-refractivity contribution in [3.8, 4) is 0 Å². The molecule has 2 rings (SSSR count). The fraction of sp³-hybridized carbons (Fsp3) is 0.333. The highest BCUT2D eigenvalue weighted by molar-refractivity contribution is 14.1. The molecule has 0 aliphatic heterocycles. The van der Waals surface area contributed by atoms with E-state index in [9.17, 15) is 0 Å². The van der Waals surface area contributed by atoms with Gasteiger partial charge in [-0.3, -0.25) is 0 Å². The fourth-order valence-corrected chi connectivity index (χ4v) is 4.41. The lowest BCUT2D eigenvalue weighted by Crippen LogP contribution is -2.07. The molecule has 0 fully saturated rings. The van der Waals surface area contributed by atoms with E-state index in [1.807, 2.05) is 6.07 Å². The maximum Gasteiger partial charge on any atom is 0.0938 e. The number of hydrogen-bond donors (Lipinski definition) is 0.